The number of aryl methyl sites for hydroxylation is 2. The number of hydrogen-bond donors (Lipinski definition) is 1. The lowest BCUT2D eigenvalue weighted by Gasteiger charge is -2.25. The molecular weight excluding hydrogens is 506 g/mol. The minimum atomic E-state index is -4.06. The van der Waals surface area contributed by atoms with E-state index in [-0.39, 0.29) is 10.6 Å². The van der Waals surface area contributed by atoms with E-state index >= 15 is 0 Å². The summed E-state index contributed by atoms with van der Waals surface area (Å²) in [4.78, 5) is 12.8. The van der Waals surface area contributed by atoms with E-state index in [9.17, 15) is 13.2 Å². The van der Waals surface area contributed by atoms with Gasteiger partial charge in [0.05, 0.1) is 23.9 Å². The zero-order valence-corrected chi connectivity index (χ0v) is 20.9. The van der Waals surface area contributed by atoms with Crippen LogP contribution >= 0.6 is 15.9 Å². The molecule has 3 rings (SSSR count). The first-order chi connectivity index (χ1) is 15.7. The van der Waals surface area contributed by atoms with Crippen LogP contribution in [0.1, 0.15) is 16.7 Å². The fourth-order valence-electron chi connectivity index (χ4n) is 3.06. The van der Waals surface area contributed by atoms with Gasteiger partial charge in [0, 0.05) is 4.47 Å². The minimum absolute atomic E-state index is 0.0714. The van der Waals surface area contributed by atoms with Crippen LogP contribution in [-0.2, 0) is 14.8 Å². The van der Waals surface area contributed by atoms with E-state index in [1.165, 1.54) is 25.5 Å². The first-order valence-corrected chi connectivity index (χ1v) is 12.3. The Morgan fingerprint density at radius 1 is 1.06 bits per heavy atom. The second-order valence-electron chi connectivity index (χ2n) is 7.35. The molecule has 7 nitrogen and oxygen atoms in total. The number of nitrogens with zero attached hydrogens (tertiary/aromatic N) is 2. The third-order valence-corrected chi connectivity index (χ3v) is 7.02. The minimum Gasteiger partial charge on any atom is -0.495 e. The van der Waals surface area contributed by atoms with E-state index in [0.29, 0.717) is 5.75 Å². The van der Waals surface area contributed by atoms with Gasteiger partial charge < -0.3 is 4.74 Å². The van der Waals surface area contributed by atoms with Gasteiger partial charge in [-0.1, -0.05) is 51.8 Å². The molecule has 0 saturated heterocycles. The second kappa shape index (κ2) is 10.6. The number of sulfonamides is 1. The number of carbonyl (C=O) groups is 1. The third kappa shape index (κ3) is 6.21. The molecular formula is C24H24BrN3O4S. The number of carbonyl (C=O) groups excluding carboxylic acids is 1. The molecule has 0 heterocycles. The number of amides is 1. The summed E-state index contributed by atoms with van der Waals surface area (Å²) in [6, 6.07) is 19.0. The molecule has 0 saturated carbocycles. The number of hydrazone groups is 1. The van der Waals surface area contributed by atoms with Crippen LogP contribution in [0.2, 0.25) is 0 Å². The number of rotatable bonds is 8. The summed E-state index contributed by atoms with van der Waals surface area (Å²) in [5.41, 5.74) is 5.19. The van der Waals surface area contributed by atoms with Crippen molar-refractivity contribution in [3.63, 3.8) is 0 Å². The Bertz CT molecular complexity index is 1280. The number of benzene rings is 3. The normalized spacial score (nSPS) is 11.4. The summed E-state index contributed by atoms with van der Waals surface area (Å²) in [5.74, 6) is -0.262. The average Bonchev–Trinajstić information content (AvgIpc) is 2.78. The van der Waals surface area contributed by atoms with Crippen LogP contribution in [0.5, 0.6) is 5.75 Å². The van der Waals surface area contributed by atoms with Crippen molar-refractivity contribution in [1.82, 2.24) is 5.43 Å². The molecule has 33 heavy (non-hydrogen) atoms. The maximum Gasteiger partial charge on any atom is 0.264 e. The van der Waals surface area contributed by atoms with Gasteiger partial charge in [-0.3, -0.25) is 9.10 Å². The number of hydrogen-bond acceptors (Lipinski definition) is 5. The Hall–Kier alpha value is -3.17. The van der Waals surface area contributed by atoms with Crippen LogP contribution in [0.25, 0.3) is 0 Å². The number of ether oxygens (including phenoxy) is 1. The van der Waals surface area contributed by atoms with E-state index in [4.69, 9.17) is 4.74 Å². The van der Waals surface area contributed by atoms with Gasteiger partial charge in [-0.15, -0.1) is 0 Å². The lowest BCUT2D eigenvalue weighted by Crippen LogP contribution is -2.39. The largest absolute Gasteiger partial charge is 0.495 e. The predicted octanol–water partition coefficient (Wildman–Crippen LogP) is 4.42. The topological polar surface area (TPSA) is 88.1 Å². The Balaban J connectivity index is 1.93. The molecule has 0 aromatic heterocycles. The number of halogens is 1. The van der Waals surface area contributed by atoms with E-state index in [0.717, 1.165) is 25.5 Å². The Labute approximate surface area is 202 Å². The van der Waals surface area contributed by atoms with Gasteiger partial charge in [-0.05, 0) is 61.4 Å². The van der Waals surface area contributed by atoms with Gasteiger partial charge in [-0.25, -0.2) is 13.8 Å². The lowest BCUT2D eigenvalue weighted by atomic mass is 10.2. The molecule has 0 spiro atoms. The molecule has 1 N–H and O–H groups in total. The van der Waals surface area contributed by atoms with Crippen molar-refractivity contribution in [2.75, 3.05) is 18.0 Å². The monoisotopic (exact) mass is 529 g/mol. The molecule has 3 aromatic rings. The number of nitrogens with one attached hydrogen (secondary N) is 1. The molecule has 0 aliphatic heterocycles. The summed E-state index contributed by atoms with van der Waals surface area (Å²) in [6.07, 6.45) is 1.48. The smallest absolute Gasteiger partial charge is 0.264 e. The average molecular weight is 530 g/mol. The number of anilines is 1. The van der Waals surface area contributed by atoms with Crippen LogP contribution in [0.3, 0.4) is 0 Å². The third-order valence-electron chi connectivity index (χ3n) is 4.75. The molecule has 0 unspecified atom stereocenters. The summed E-state index contributed by atoms with van der Waals surface area (Å²) in [5, 5.41) is 3.96. The van der Waals surface area contributed by atoms with Crippen LogP contribution in [-0.4, -0.2) is 34.2 Å². The zero-order valence-electron chi connectivity index (χ0n) is 18.4. The van der Waals surface area contributed by atoms with Gasteiger partial charge in [0.2, 0.25) is 0 Å². The van der Waals surface area contributed by atoms with Crippen LogP contribution in [0.4, 0.5) is 5.69 Å². The van der Waals surface area contributed by atoms with Crippen LogP contribution in [0.15, 0.2) is 81.2 Å². The molecule has 0 aliphatic rings. The van der Waals surface area contributed by atoms with Crippen LogP contribution in [0, 0.1) is 13.8 Å². The van der Waals surface area contributed by atoms with E-state index < -0.39 is 22.5 Å². The molecule has 172 valence electrons. The standard InChI is InChI=1S/C24H24BrN3O4S/c1-17-7-10-21(11-8-17)33(30,31)28(22-13-18(2)9-12-23(22)32-3)16-24(29)27-26-15-19-5-4-6-20(25)14-19/h4-15H,16H2,1-3H3,(H,27,29)/b26-15-. The summed E-state index contributed by atoms with van der Waals surface area (Å²) in [6.45, 7) is 3.22. The fourth-order valence-corrected chi connectivity index (χ4v) is 4.90. The van der Waals surface area contributed by atoms with E-state index in [2.05, 4.69) is 26.5 Å². The molecule has 1 amide bonds. The summed E-state index contributed by atoms with van der Waals surface area (Å²) >= 11 is 3.38. The first-order valence-electron chi connectivity index (χ1n) is 10.0. The summed E-state index contributed by atoms with van der Waals surface area (Å²) < 4.78 is 34.4. The molecule has 0 fully saturated rings. The van der Waals surface area contributed by atoms with Gasteiger partial charge >= 0.3 is 0 Å². The highest BCUT2D eigenvalue weighted by molar-refractivity contribution is 9.10. The number of methoxy groups -OCH3 is 1. The van der Waals surface area contributed by atoms with Crippen molar-refractivity contribution in [2.24, 2.45) is 5.10 Å². The van der Waals surface area contributed by atoms with Crippen molar-refractivity contribution in [1.29, 1.82) is 0 Å². The summed E-state index contributed by atoms with van der Waals surface area (Å²) in [7, 11) is -2.61. The lowest BCUT2D eigenvalue weighted by molar-refractivity contribution is -0.119. The van der Waals surface area contributed by atoms with Gasteiger partial charge in [-0.2, -0.15) is 5.10 Å². The van der Waals surface area contributed by atoms with Crippen molar-refractivity contribution in [3.8, 4) is 5.75 Å². The maximum atomic E-state index is 13.5. The highest BCUT2D eigenvalue weighted by atomic mass is 79.9. The SMILES string of the molecule is COc1ccc(C)cc1N(CC(=O)N/N=C\c1cccc(Br)c1)S(=O)(=O)c1ccc(C)cc1. The second-order valence-corrected chi connectivity index (χ2v) is 10.1. The molecule has 0 aliphatic carbocycles. The molecule has 0 atom stereocenters. The highest BCUT2D eigenvalue weighted by Crippen LogP contribution is 2.33. The highest BCUT2D eigenvalue weighted by Gasteiger charge is 2.29. The van der Waals surface area contributed by atoms with Gasteiger partial charge in [0.1, 0.15) is 12.3 Å². The van der Waals surface area contributed by atoms with Crippen molar-refractivity contribution < 1.29 is 17.9 Å². The van der Waals surface area contributed by atoms with Crippen molar-refractivity contribution in [3.05, 3.63) is 87.9 Å². The van der Waals surface area contributed by atoms with Gasteiger partial charge in [0.15, 0.2) is 0 Å². The predicted molar refractivity (Wildman–Crippen MR) is 133 cm³/mol. The Morgan fingerprint density at radius 2 is 1.76 bits per heavy atom. The van der Waals surface area contributed by atoms with Crippen molar-refractivity contribution >= 4 is 43.8 Å². The van der Waals surface area contributed by atoms with Crippen molar-refractivity contribution in [2.45, 2.75) is 18.7 Å². The zero-order chi connectivity index (χ0) is 24.0. The molecule has 9 heteroatoms. The first kappa shape index (κ1) is 24.5. The van der Waals surface area contributed by atoms with Gasteiger partial charge in [0.25, 0.3) is 15.9 Å². The molecule has 0 radical (unpaired) electrons. The molecule has 3 aromatic carbocycles. The van der Waals surface area contributed by atoms with E-state index in [1.807, 2.05) is 38.1 Å². The van der Waals surface area contributed by atoms with E-state index in [1.54, 1.807) is 30.3 Å². The van der Waals surface area contributed by atoms with Crippen LogP contribution < -0.4 is 14.5 Å². The maximum absolute atomic E-state index is 13.5. The fraction of sp³-hybridized carbons (Fsp3) is 0.167. The molecule has 0 bridgehead atoms. The quantitative estimate of drug-likeness (QED) is 0.345. The Morgan fingerprint density at radius 3 is 2.42 bits per heavy atom. The Kier molecular flexibility index (Phi) is 7.88.